The van der Waals surface area contributed by atoms with Gasteiger partial charge in [-0.1, -0.05) is 28.1 Å². The summed E-state index contributed by atoms with van der Waals surface area (Å²) in [6.07, 6.45) is 0. The summed E-state index contributed by atoms with van der Waals surface area (Å²) >= 11 is 9.70. The Hall–Kier alpha value is -1.05. The standard InChI is InChI=1S/C10H9BrN4S2/c1-5-13-10(17-15-5)14-8-3-2-6(11)4-7(8)9(12)16/h2-4H,1H3,(H2,12,16)(H,13,14,15). The summed E-state index contributed by atoms with van der Waals surface area (Å²) < 4.78 is 5.03. The van der Waals surface area contributed by atoms with Crippen LogP contribution in [0.25, 0.3) is 0 Å². The highest BCUT2D eigenvalue weighted by atomic mass is 79.9. The molecule has 0 spiro atoms. The minimum absolute atomic E-state index is 0.343. The molecule has 7 heteroatoms. The van der Waals surface area contributed by atoms with Gasteiger partial charge < -0.3 is 11.1 Å². The van der Waals surface area contributed by atoms with Gasteiger partial charge in [0.15, 0.2) is 0 Å². The molecule has 0 unspecified atom stereocenters. The first-order valence-corrected chi connectivity index (χ1v) is 6.70. The summed E-state index contributed by atoms with van der Waals surface area (Å²) in [6, 6.07) is 5.69. The number of halogens is 1. The topological polar surface area (TPSA) is 63.8 Å². The van der Waals surface area contributed by atoms with Crippen molar-refractivity contribution in [2.75, 3.05) is 5.32 Å². The number of anilines is 2. The first-order chi connectivity index (χ1) is 8.06. The number of aromatic nitrogens is 2. The van der Waals surface area contributed by atoms with Gasteiger partial charge in [-0.05, 0) is 25.1 Å². The van der Waals surface area contributed by atoms with Crippen LogP contribution < -0.4 is 11.1 Å². The molecule has 0 aliphatic rings. The molecule has 88 valence electrons. The van der Waals surface area contributed by atoms with Crippen LogP contribution in [0.15, 0.2) is 22.7 Å². The molecule has 0 radical (unpaired) electrons. The summed E-state index contributed by atoms with van der Waals surface area (Å²) in [5, 5.41) is 3.88. The summed E-state index contributed by atoms with van der Waals surface area (Å²) in [4.78, 5) is 4.57. The van der Waals surface area contributed by atoms with Crippen molar-refractivity contribution < 1.29 is 0 Å². The highest BCUT2D eigenvalue weighted by Gasteiger charge is 2.08. The van der Waals surface area contributed by atoms with Crippen molar-refractivity contribution in [3.63, 3.8) is 0 Å². The number of hydrogen-bond donors (Lipinski definition) is 2. The average molecular weight is 329 g/mol. The molecule has 0 aliphatic carbocycles. The lowest BCUT2D eigenvalue weighted by Crippen LogP contribution is -2.11. The molecule has 2 aromatic rings. The predicted molar refractivity (Wildman–Crippen MR) is 78.0 cm³/mol. The third-order valence-electron chi connectivity index (χ3n) is 2.02. The number of thiocarbonyl (C=S) groups is 1. The van der Waals surface area contributed by atoms with E-state index in [0.717, 1.165) is 26.7 Å². The van der Waals surface area contributed by atoms with E-state index in [1.54, 1.807) is 0 Å². The molecule has 0 amide bonds. The molecule has 1 aromatic heterocycles. The zero-order valence-electron chi connectivity index (χ0n) is 8.90. The fourth-order valence-corrected chi connectivity index (χ4v) is 2.41. The van der Waals surface area contributed by atoms with Gasteiger partial charge in [0.25, 0.3) is 0 Å². The number of nitrogens with one attached hydrogen (secondary N) is 1. The lowest BCUT2D eigenvalue weighted by Gasteiger charge is -2.08. The summed E-state index contributed by atoms with van der Waals surface area (Å²) in [7, 11) is 0. The highest BCUT2D eigenvalue weighted by molar-refractivity contribution is 9.10. The largest absolute Gasteiger partial charge is 0.389 e. The van der Waals surface area contributed by atoms with Crippen molar-refractivity contribution >= 4 is 55.5 Å². The Bertz CT molecular complexity index is 567. The van der Waals surface area contributed by atoms with Crippen molar-refractivity contribution in [3.8, 4) is 0 Å². The fourth-order valence-electron chi connectivity index (χ4n) is 1.29. The van der Waals surface area contributed by atoms with E-state index in [4.69, 9.17) is 18.0 Å². The van der Waals surface area contributed by atoms with Gasteiger partial charge in [0.2, 0.25) is 5.13 Å². The Labute approximate surface area is 117 Å². The van der Waals surface area contributed by atoms with E-state index in [1.807, 2.05) is 25.1 Å². The highest BCUT2D eigenvalue weighted by Crippen LogP contribution is 2.25. The van der Waals surface area contributed by atoms with Crippen LogP contribution in [0.5, 0.6) is 0 Å². The molecule has 0 bridgehead atoms. The van der Waals surface area contributed by atoms with Crippen molar-refractivity contribution in [2.24, 2.45) is 5.73 Å². The average Bonchev–Trinajstić information content (AvgIpc) is 2.66. The van der Waals surface area contributed by atoms with Gasteiger partial charge in [-0.2, -0.15) is 4.37 Å². The molecule has 0 saturated heterocycles. The maximum atomic E-state index is 5.68. The minimum Gasteiger partial charge on any atom is -0.389 e. The van der Waals surface area contributed by atoms with Gasteiger partial charge >= 0.3 is 0 Å². The number of nitrogens with two attached hydrogens (primary N) is 1. The number of rotatable bonds is 3. The van der Waals surface area contributed by atoms with Crippen LogP contribution in [0, 0.1) is 6.92 Å². The second kappa shape index (κ2) is 5.07. The third-order valence-corrected chi connectivity index (χ3v) is 3.45. The molecular weight excluding hydrogens is 320 g/mol. The van der Waals surface area contributed by atoms with Crippen LogP contribution >= 0.6 is 39.7 Å². The molecule has 0 saturated carbocycles. The molecular formula is C10H9BrN4S2. The first kappa shape index (κ1) is 12.4. The van der Waals surface area contributed by atoms with Crippen molar-refractivity contribution in [2.45, 2.75) is 6.92 Å². The SMILES string of the molecule is Cc1nsc(Nc2ccc(Br)cc2C(N)=S)n1. The van der Waals surface area contributed by atoms with Crippen molar-refractivity contribution in [1.29, 1.82) is 0 Å². The van der Waals surface area contributed by atoms with Gasteiger partial charge in [0.1, 0.15) is 10.8 Å². The van der Waals surface area contributed by atoms with Crippen LogP contribution in [-0.2, 0) is 0 Å². The van der Waals surface area contributed by atoms with Crippen LogP contribution in [0.1, 0.15) is 11.4 Å². The monoisotopic (exact) mass is 328 g/mol. The quantitative estimate of drug-likeness (QED) is 0.848. The predicted octanol–water partition coefficient (Wildman–Crippen LogP) is 2.99. The van der Waals surface area contributed by atoms with Gasteiger partial charge in [0, 0.05) is 21.6 Å². The maximum Gasteiger partial charge on any atom is 0.207 e. The van der Waals surface area contributed by atoms with E-state index in [9.17, 15) is 0 Å². The van der Waals surface area contributed by atoms with E-state index in [0.29, 0.717) is 4.99 Å². The normalized spacial score (nSPS) is 10.2. The molecule has 4 nitrogen and oxygen atoms in total. The zero-order valence-corrected chi connectivity index (χ0v) is 12.1. The van der Waals surface area contributed by atoms with E-state index in [2.05, 4.69) is 30.6 Å². The van der Waals surface area contributed by atoms with Crippen LogP contribution in [-0.4, -0.2) is 14.3 Å². The lowest BCUT2D eigenvalue weighted by molar-refractivity contribution is 1.17. The van der Waals surface area contributed by atoms with Crippen LogP contribution in [0.4, 0.5) is 10.8 Å². The summed E-state index contributed by atoms with van der Waals surface area (Å²) in [5.74, 6) is 0.742. The fraction of sp³-hybridized carbons (Fsp3) is 0.100. The van der Waals surface area contributed by atoms with E-state index in [1.165, 1.54) is 11.5 Å². The second-order valence-corrected chi connectivity index (χ2v) is 5.43. The maximum absolute atomic E-state index is 5.68. The van der Waals surface area contributed by atoms with Gasteiger partial charge in [-0.15, -0.1) is 0 Å². The van der Waals surface area contributed by atoms with E-state index < -0.39 is 0 Å². The van der Waals surface area contributed by atoms with Gasteiger partial charge in [-0.25, -0.2) is 4.98 Å². The van der Waals surface area contributed by atoms with Crippen LogP contribution in [0.2, 0.25) is 0 Å². The smallest absolute Gasteiger partial charge is 0.207 e. The molecule has 3 N–H and O–H groups in total. The van der Waals surface area contributed by atoms with Crippen LogP contribution in [0.3, 0.4) is 0 Å². The Morgan fingerprint density at radius 1 is 1.53 bits per heavy atom. The van der Waals surface area contributed by atoms with E-state index in [-0.39, 0.29) is 0 Å². The first-order valence-electron chi connectivity index (χ1n) is 4.73. The molecule has 17 heavy (non-hydrogen) atoms. The summed E-state index contributed by atoms with van der Waals surface area (Å²) in [6.45, 7) is 1.84. The minimum atomic E-state index is 0.343. The molecule has 2 rings (SSSR count). The second-order valence-electron chi connectivity index (χ2n) is 3.33. The third kappa shape index (κ3) is 2.99. The number of benzene rings is 1. The van der Waals surface area contributed by atoms with Crippen molar-refractivity contribution in [3.05, 3.63) is 34.1 Å². The molecule has 1 heterocycles. The Kier molecular flexibility index (Phi) is 3.70. The number of hydrogen-bond acceptors (Lipinski definition) is 5. The molecule has 1 aromatic carbocycles. The molecule has 0 fully saturated rings. The molecule has 0 aliphatic heterocycles. The zero-order chi connectivity index (χ0) is 12.4. The Morgan fingerprint density at radius 3 is 2.88 bits per heavy atom. The van der Waals surface area contributed by atoms with E-state index >= 15 is 0 Å². The molecule has 0 atom stereocenters. The Morgan fingerprint density at radius 2 is 2.29 bits per heavy atom. The van der Waals surface area contributed by atoms with Gasteiger partial charge in [-0.3, -0.25) is 0 Å². The van der Waals surface area contributed by atoms with Crippen molar-refractivity contribution in [1.82, 2.24) is 9.36 Å². The number of nitrogens with zero attached hydrogens (tertiary/aromatic N) is 2. The Balaban J connectivity index is 2.35. The lowest BCUT2D eigenvalue weighted by atomic mass is 10.2. The number of aryl methyl sites for hydroxylation is 1. The van der Waals surface area contributed by atoms with Gasteiger partial charge in [0.05, 0.1) is 5.69 Å². The summed E-state index contributed by atoms with van der Waals surface area (Å²) in [5.41, 5.74) is 7.29.